The van der Waals surface area contributed by atoms with Gasteiger partial charge in [-0.25, -0.2) is 4.39 Å². The summed E-state index contributed by atoms with van der Waals surface area (Å²) in [4.78, 5) is 0. The van der Waals surface area contributed by atoms with Crippen molar-refractivity contribution in [1.29, 1.82) is 0 Å². The zero-order valence-electron chi connectivity index (χ0n) is 9.21. The van der Waals surface area contributed by atoms with Gasteiger partial charge in [0, 0.05) is 11.8 Å². The molecule has 88 valence electrons. The quantitative estimate of drug-likeness (QED) is 0.840. The minimum absolute atomic E-state index is 0.337. The van der Waals surface area contributed by atoms with Crippen molar-refractivity contribution in [3.8, 4) is 11.5 Å². The number of halogens is 2. The molecule has 0 aromatic heterocycles. The Bertz CT molecular complexity index is 557. The van der Waals surface area contributed by atoms with Gasteiger partial charge in [-0.15, -0.1) is 0 Å². The lowest BCUT2D eigenvalue weighted by atomic mass is 10.2. The Morgan fingerprint density at radius 2 is 1.88 bits per heavy atom. The number of hydrogen-bond acceptors (Lipinski definition) is 2. The molecule has 0 fully saturated rings. The predicted molar refractivity (Wildman–Crippen MR) is 69.8 cm³/mol. The van der Waals surface area contributed by atoms with Gasteiger partial charge in [-0.05, 0) is 58.7 Å². The van der Waals surface area contributed by atoms with Crippen LogP contribution in [0.2, 0.25) is 0 Å². The molecule has 2 aromatic carbocycles. The topological polar surface area (TPSA) is 35.2 Å². The lowest BCUT2D eigenvalue weighted by molar-refractivity contribution is 0.470. The van der Waals surface area contributed by atoms with Gasteiger partial charge in [-0.2, -0.15) is 0 Å². The molecule has 0 spiro atoms. The van der Waals surface area contributed by atoms with Gasteiger partial charge in [0.15, 0.2) is 0 Å². The average Bonchev–Trinajstić information content (AvgIpc) is 2.27. The molecule has 2 rings (SSSR count). The van der Waals surface area contributed by atoms with Gasteiger partial charge in [0.25, 0.3) is 0 Å². The second-order valence-corrected chi connectivity index (χ2v) is 4.56. The minimum atomic E-state index is -0.337. The summed E-state index contributed by atoms with van der Waals surface area (Å²) in [5.41, 5.74) is 7.23. The van der Waals surface area contributed by atoms with Crippen LogP contribution in [0.25, 0.3) is 0 Å². The van der Waals surface area contributed by atoms with E-state index < -0.39 is 0 Å². The van der Waals surface area contributed by atoms with E-state index in [4.69, 9.17) is 10.5 Å². The van der Waals surface area contributed by atoms with E-state index in [9.17, 15) is 4.39 Å². The van der Waals surface area contributed by atoms with Crippen molar-refractivity contribution in [2.45, 2.75) is 6.92 Å². The molecule has 17 heavy (non-hydrogen) atoms. The average molecular weight is 296 g/mol. The molecule has 0 saturated heterocycles. The van der Waals surface area contributed by atoms with Crippen LogP contribution in [0.5, 0.6) is 11.5 Å². The first-order valence-electron chi connectivity index (χ1n) is 5.05. The monoisotopic (exact) mass is 295 g/mol. The molecule has 0 aliphatic rings. The fourth-order valence-electron chi connectivity index (χ4n) is 1.46. The van der Waals surface area contributed by atoms with Crippen molar-refractivity contribution >= 4 is 21.6 Å². The van der Waals surface area contributed by atoms with E-state index in [0.717, 1.165) is 5.56 Å². The minimum Gasteiger partial charge on any atom is -0.456 e. The first-order chi connectivity index (χ1) is 8.06. The van der Waals surface area contributed by atoms with Gasteiger partial charge in [0.05, 0.1) is 4.47 Å². The maximum Gasteiger partial charge on any atom is 0.144 e. The molecular weight excluding hydrogens is 285 g/mol. The van der Waals surface area contributed by atoms with Crippen LogP contribution in [-0.4, -0.2) is 0 Å². The zero-order valence-corrected chi connectivity index (χ0v) is 10.8. The highest BCUT2D eigenvalue weighted by atomic mass is 79.9. The van der Waals surface area contributed by atoms with Crippen LogP contribution >= 0.6 is 15.9 Å². The van der Waals surface area contributed by atoms with Crippen LogP contribution in [0.3, 0.4) is 0 Å². The Hall–Kier alpha value is -1.55. The van der Waals surface area contributed by atoms with Gasteiger partial charge < -0.3 is 10.5 Å². The number of benzene rings is 2. The summed E-state index contributed by atoms with van der Waals surface area (Å²) < 4.78 is 19.4. The smallest absolute Gasteiger partial charge is 0.144 e. The Balaban J connectivity index is 2.34. The number of nitrogens with two attached hydrogens (primary N) is 1. The first kappa shape index (κ1) is 11.9. The van der Waals surface area contributed by atoms with E-state index in [2.05, 4.69) is 15.9 Å². The normalized spacial score (nSPS) is 10.3. The van der Waals surface area contributed by atoms with Crippen molar-refractivity contribution in [3.63, 3.8) is 0 Å². The molecule has 0 atom stereocenters. The molecular formula is C13H11BrFNO. The van der Waals surface area contributed by atoms with E-state index in [1.807, 2.05) is 13.0 Å². The summed E-state index contributed by atoms with van der Waals surface area (Å²) in [6.45, 7) is 1.89. The second kappa shape index (κ2) is 4.75. The van der Waals surface area contributed by atoms with Crippen LogP contribution in [0.1, 0.15) is 5.56 Å². The second-order valence-electron chi connectivity index (χ2n) is 3.70. The summed E-state index contributed by atoms with van der Waals surface area (Å²) in [6, 6.07) is 9.63. The molecule has 0 amide bonds. The molecule has 0 unspecified atom stereocenters. The first-order valence-corrected chi connectivity index (χ1v) is 5.84. The van der Waals surface area contributed by atoms with Crippen LogP contribution in [0.4, 0.5) is 10.1 Å². The van der Waals surface area contributed by atoms with E-state index in [1.165, 1.54) is 12.1 Å². The van der Waals surface area contributed by atoms with Crippen molar-refractivity contribution in [3.05, 3.63) is 52.3 Å². The summed E-state index contributed by atoms with van der Waals surface area (Å²) >= 11 is 3.31. The predicted octanol–water partition coefficient (Wildman–Crippen LogP) is 4.27. The van der Waals surface area contributed by atoms with Crippen molar-refractivity contribution in [2.24, 2.45) is 0 Å². The number of nitrogen functional groups attached to an aromatic ring is 1. The van der Waals surface area contributed by atoms with Gasteiger partial charge in [0.2, 0.25) is 0 Å². The molecule has 0 heterocycles. The third kappa shape index (κ3) is 2.77. The summed E-state index contributed by atoms with van der Waals surface area (Å²) in [7, 11) is 0. The van der Waals surface area contributed by atoms with Crippen LogP contribution in [0.15, 0.2) is 40.9 Å². The Kier molecular flexibility index (Phi) is 3.33. The number of hydrogen-bond donors (Lipinski definition) is 1. The molecule has 0 saturated carbocycles. The number of anilines is 1. The van der Waals surface area contributed by atoms with Crippen LogP contribution in [0, 0.1) is 12.7 Å². The third-order valence-electron chi connectivity index (χ3n) is 2.31. The molecule has 2 N–H and O–H groups in total. The zero-order chi connectivity index (χ0) is 12.4. The highest BCUT2D eigenvalue weighted by molar-refractivity contribution is 9.10. The van der Waals surface area contributed by atoms with Gasteiger partial charge in [0.1, 0.15) is 17.3 Å². The largest absolute Gasteiger partial charge is 0.456 e. The van der Waals surface area contributed by atoms with E-state index in [1.54, 1.807) is 18.2 Å². The fraction of sp³-hybridized carbons (Fsp3) is 0.0769. The van der Waals surface area contributed by atoms with Crippen molar-refractivity contribution < 1.29 is 9.13 Å². The van der Waals surface area contributed by atoms with Gasteiger partial charge in [-0.3, -0.25) is 0 Å². The lowest BCUT2D eigenvalue weighted by Crippen LogP contribution is -1.91. The number of ether oxygens (including phenoxy) is 1. The maximum absolute atomic E-state index is 13.1. The summed E-state index contributed by atoms with van der Waals surface area (Å²) in [5.74, 6) is 0.764. The van der Waals surface area contributed by atoms with E-state index in [0.29, 0.717) is 21.7 Å². The fourth-order valence-corrected chi connectivity index (χ4v) is 1.79. The molecule has 0 aliphatic carbocycles. The molecule has 0 bridgehead atoms. The lowest BCUT2D eigenvalue weighted by Gasteiger charge is -2.10. The highest BCUT2D eigenvalue weighted by Gasteiger charge is 2.06. The van der Waals surface area contributed by atoms with Gasteiger partial charge in [-0.1, -0.05) is 0 Å². The van der Waals surface area contributed by atoms with Gasteiger partial charge >= 0.3 is 0 Å². The van der Waals surface area contributed by atoms with Crippen LogP contribution in [-0.2, 0) is 0 Å². The van der Waals surface area contributed by atoms with Crippen molar-refractivity contribution in [1.82, 2.24) is 0 Å². The number of rotatable bonds is 2. The van der Waals surface area contributed by atoms with E-state index in [-0.39, 0.29) is 5.82 Å². The SMILES string of the molecule is Cc1cc(N)ccc1Oc1cc(F)ccc1Br. The standard InChI is InChI=1S/C13H11BrFNO/c1-8-6-10(16)3-5-12(8)17-13-7-9(15)2-4-11(13)14/h2-7H,16H2,1H3. The van der Waals surface area contributed by atoms with E-state index >= 15 is 0 Å². The Morgan fingerprint density at radius 1 is 1.12 bits per heavy atom. The molecule has 0 aliphatic heterocycles. The summed E-state index contributed by atoms with van der Waals surface area (Å²) in [6.07, 6.45) is 0. The Morgan fingerprint density at radius 3 is 2.59 bits per heavy atom. The van der Waals surface area contributed by atoms with Crippen LogP contribution < -0.4 is 10.5 Å². The molecule has 0 radical (unpaired) electrons. The molecule has 4 heteroatoms. The summed E-state index contributed by atoms with van der Waals surface area (Å²) in [5, 5.41) is 0. The Labute approximate surface area is 107 Å². The highest BCUT2D eigenvalue weighted by Crippen LogP contribution is 2.32. The third-order valence-corrected chi connectivity index (χ3v) is 2.97. The number of aryl methyl sites for hydroxylation is 1. The van der Waals surface area contributed by atoms with Crippen molar-refractivity contribution in [2.75, 3.05) is 5.73 Å². The maximum atomic E-state index is 13.1. The molecule has 2 aromatic rings. The molecule has 2 nitrogen and oxygen atoms in total.